The predicted molar refractivity (Wildman–Crippen MR) is 62.9 cm³/mol. The average molecular weight is 389 g/mol. The Balaban J connectivity index is 2.49. The van der Waals surface area contributed by atoms with Crippen LogP contribution in [0.4, 0.5) is 5.69 Å². The maximum atomic E-state index is 5.23. The third kappa shape index (κ3) is 1.43. The first kappa shape index (κ1) is 8.67. The van der Waals surface area contributed by atoms with E-state index in [2.05, 4.69) is 49.0 Å². The molecule has 1 aromatic rings. The van der Waals surface area contributed by atoms with Gasteiger partial charge in [-0.15, -0.1) is 0 Å². The van der Waals surface area contributed by atoms with E-state index >= 15 is 0 Å². The lowest BCUT2D eigenvalue weighted by Gasteiger charge is -2.03. The second-order valence-corrected chi connectivity index (χ2v) is 3.98. The Kier molecular flexibility index (Phi) is 2.49. The van der Waals surface area contributed by atoms with Crippen molar-refractivity contribution in [1.82, 2.24) is 0 Å². The van der Waals surface area contributed by atoms with E-state index in [9.17, 15) is 0 Å². The summed E-state index contributed by atoms with van der Waals surface area (Å²) < 4.78 is 14.6. The molecule has 0 spiro atoms. The van der Waals surface area contributed by atoms with Gasteiger partial charge in [0.25, 0.3) is 0 Å². The molecule has 0 aromatic heterocycles. The van der Waals surface area contributed by atoms with Gasteiger partial charge < -0.3 is 13.0 Å². The summed E-state index contributed by atoms with van der Waals surface area (Å²) in [6.07, 6.45) is 0. The van der Waals surface area contributed by atoms with Crippen molar-refractivity contribution in [2.75, 3.05) is 10.3 Å². The highest BCUT2D eigenvalue weighted by Crippen LogP contribution is 2.37. The van der Waals surface area contributed by atoms with Gasteiger partial charge in [-0.25, -0.2) is 0 Å². The molecule has 1 N–H and O–H groups in total. The van der Waals surface area contributed by atoms with Crippen molar-refractivity contribution in [3.8, 4) is 11.5 Å². The first-order chi connectivity index (χ1) is 5.81. The molecular weight excluding hydrogens is 384 g/mol. The number of ether oxygens (including phenoxy) is 2. The predicted octanol–water partition coefficient (Wildman–Crippen LogP) is 2.78. The minimum absolute atomic E-state index is 0.329. The number of hydrogen-bond acceptors (Lipinski definition) is 3. The molecule has 0 saturated carbocycles. The summed E-state index contributed by atoms with van der Waals surface area (Å²) in [5.74, 6) is 1.64. The maximum Gasteiger partial charge on any atom is 0.231 e. The largest absolute Gasteiger partial charge is 0.454 e. The van der Waals surface area contributed by atoms with E-state index in [1.807, 2.05) is 12.1 Å². The fraction of sp³-hybridized carbons (Fsp3) is 0.143. The summed E-state index contributed by atoms with van der Waals surface area (Å²) >= 11 is 4.34. The molecule has 2 rings (SSSR count). The molecule has 3 nitrogen and oxygen atoms in total. The van der Waals surface area contributed by atoms with Crippen molar-refractivity contribution in [3.05, 3.63) is 15.7 Å². The second kappa shape index (κ2) is 3.44. The Bertz CT molecular complexity index is 316. The molecule has 1 aromatic carbocycles. The van der Waals surface area contributed by atoms with Gasteiger partial charge in [0, 0.05) is 9.64 Å². The van der Waals surface area contributed by atoms with Gasteiger partial charge in [-0.05, 0) is 28.7 Å². The lowest BCUT2D eigenvalue weighted by molar-refractivity contribution is 0.174. The van der Waals surface area contributed by atoms with Crippen molar-refractivity contribution in [2.45, 2.75) is 0 Å². The number of hydrogen-bond donors (Lipinski definition) is 1. The highest BCUT2D eigenvalue weighted by molar-refractivity contribution is 14.1. The summed E-state index contributed by atoms with van der Waals surface area (Å²) in [6.45, 7) is 0.329. The van der Waals surface area contributed by atoms with Crippen LogP contribution in [0.3, 0.4) is 0 Å². The molecule has 0 unspecified atom stereocenters. The maximum absolute atomic E-state index is 5.23. The zero-order valence-corrected chi connectivity index (χ0v) is 10.2. The standard InChI is InChI=1S/C7H5I2NO2/c8-4-1-6-7(12-3-11-6)2-5(4)10-9/h1-2,10H,3H2. The molecule has 0 atom stereocenters. The summed E-state index contributed by atoms with van der Waals surface area (Å²) in [5.41, 5.74) is 1.06. The fourth-order valence-corrected chi connectivity index (χ4v) is 2.53. The van der Waals surface area contributed by atoms with Crippen LogP contribution in [0.15, 0.2) is 12.1 Å². The van der Waals surface area contributed by atoms with Crippen molar-refractivity contribution < 1.29 is 9.47 Å². The lowest BCUT2D eigenvalue weighted by Crippen LogP contribution is -1.92. The zero-order chi connectivity index (χ0) is 8.55. The Morgan fingerprint density at radius 1 is 1.25 bits per heavy atom. The molecule has 64 valence electrons. The van der Waals surface area contributed by atoms with Crippen molar-refractivity contribution in [1.29, 1.82) is 0 Å². The van der Waals surface area contributed by atoms with E-state index in [0.29, 0.717) is 6.79 Å². The van der Waals surface area contributed by atoms with Crippen LogP contribution in [0.25, 0.3) is 0 Å². The van der Waals surface area contributed by atoms with Crippen LogP contribution < -0.4 is 13.0 Å². The monoisotopic (exact) mass is 389 g/mol. The van der Waals surface area contributed by atoms with Gasteiger partial charge >= 0.3 is 0 Å². The van der Waals surface area contributed by atoms with E-state index in [0.717, 1.165) is 20.8 Å². The topological polar surface area (TPSA) is 30.5 Å². The Morgan fingerprint density at radius 2 is 1.92 bits per heavy atom. The van der Waals surface area contributed by atoms with E-state index in [1.165, 1.54) is 0 Å². The molecule has 1 aliphatic rings. The van der Waals surface area contributed by atoms with Crippen LogP contribution in [0.5, 0.6) is 11.5 Å². The van der Waals surface area contributed by atoms with Crippen LogP contribution in [0.1, 0.15) is 0 Å². The van der Waals surface area contributed by atoms with Crippen LogP contribution in [-0.4, -0.2) is 6.79 Å². The molecule has 12 heavy (non-hydrogen) atoms. The fourth-order valence-electron chi connectivity index (χ4n) is 0.990. The molecule has 5 heteroatoms. The first-order valence-electron chi connectivity index (χ1n) is 3.27. The van der Waals surface area contributed by atoms with Crippen LogP contribution in [0.2, 0.25) is 0 Å². The van der Waals surface area contributed by atoms with Gasteiger partial charge in [0.1, 0.15) is 0 Å². The normalized spacial score (nSPS) is 13.2. The molecule has 1 aliphatic heterocycles. The first-order valence-corrected chi connectivity index (χ1v) is 5.43. The molecule has 0 amide bonds. The van der Waals surface area contributed by atoms with Crippen molar-refractivity contribution >= 4 is 51.1 Å². The summed E-state index contributed by atoms with van der Waals surface area (Å²) in [5, 5.41) is 0. The Morgan fingerprint density at radius 3 is 2.58 bits per heavy atom. The summed E-state index contributed by atoms with van der Waals surface area (Å²) in [4.78, 5) is 0. The zero-order valence-electron chi connectivity index (χ0n) is 5.93. The molecule has 0 radical (unpaired) electrons. The van der Waals surface area contributed by atoms with Gasteiger partial charge in [0.05, 0.1) is 28.6 Å². The number of anilines is 1. The quantitative estimate of drug-likeness (QED) is 0.592. The lowest BCUT2D eigenvalue weighted by atomic mass is 10.3. The van der Waals surface area contributed by atoms with Gasteiger partial charge in [-0.2, -0.15) is 0 Å². The third-order valence-electron chi connectivity index (χ3n) is 1.56. The summed E-state index contributed by atoms with van der Waals surface area (Å²) in [7, 11) is 0. The number of benzene rings is 1. The van der Waals surface area contributed by atoms with E-state index in [4.69, 9.17) is 9.47 Å². The molecule has 0 bridgehead atoms. The van der Waals surface area contributed by atoms with Gasteiger partial charge in [0.2, 0.25) is 6.79 Å². The van der Waals surface area contributed by atoms with Crippen molar-refractivity contribution in [2.24, 2.45) is 0 Å². The van der Waals surface area contributed by atoms with E-state index in [1.54, 1.807) is 0 Å². The van der Waals surface area contributed by atoms with E-state index < -0.39 is 0 Å². The van der Waals surface area contributed by atoms with Gasteiger partial charge in [-0.1, -0.05) is 0 Å². The number of rotatable bonds is 1. The van der Waals surface area contributed by atoms with Gasteiger partial charge in [0.15, 0.2) is 11.5 Å². The molecular formula is C7H5I2NO2. The van der Waals surface area contributed by atoms with Crippen LogP contribution in [-0.2, 0) is 0 Å². The third-order valence-corrected chi connectivity index (χ3v) is 3.04. The number of fused-ring (bicyclic) bond motifs is 1. The van der Waals surface area contributed by atoms with Gasteiger partial charge in [-0.3, -0.25) is 0 Å². The minimum atomic E-state index is 0.329. The number of halogens is 2. The summed E-state index contributed by atoms with van der Waals surface area (Å²) in [6, 6.07) is 3.90. The Labute approximate surface area is 97.4 Å². The SMILES string of the molecule is INc1cc2c(cc1I)OCO2. The molecule has 0 aliphatic carbocycles. The van der Waals surface area contributed by atoms with Crippen LogP contribution >= 0.6 is 45.5 Å². The van der Waals surface area contributed by atoms with Crippen molar-refractivity contribution in [3.63, 3.8) is 0 Å². The highest BCUT2D eigenvalue weighted by Gasteiger charge is 2.15. The van der Waals surface area contributed by atoms with E-state index in [-0.39, 0.29) is 0 Å². The Hall–Kier alpha value is 0.0800. The highest BCUT2D eigenvalue weighted by atomic mass is 127. The minimum Gasteiger partial charge on any atom is -0.454 e. The molecule has 0 fully saturated rings. The molecule has 0 saturated heterocycles. The van der Waals surface area contributed by atoms with Crippen LogP contribution in [0, 0.1) is 3.57 Å². The number of nitrogens with one attached hydrogen (secondary N) is 1. The smallest absolute Gasteiger partial charge is 0.231 e. The second-order valence-electron chi connectivity index (χ2n) is 2.28. The molecule has 1 heterocycles. The average Bonchev–Trinajstić information content (AvgIpc) is 2.49.